The average molecular weight is 453 g/mol. The summed E-state index contributed by atoms with van der Waals surface area (Å²) in [5.41, 5.74) is 3.31. The molecule has 2 aliphatic carbocycles. The van der Waals surface area contributed by atoms with Crippen molar-refractivity contribution in [2.45, 2.75) is 45.4 Å². The summed E-state index contributed by atoms with van der Waals surface area (Å²) in [4.78, 5) is 11.5. The van der Waals surface area contributed by atoms with Crippen LogP contribution in [0.2, 0.25) is 10.0 Å². The van der Waals surface area contributed by atoms with Crippen LogP contribution in [0.15, 0.2) is 54.8 Å². The Bertz CT molecular complexity index is 806. The van der Waals surface area contributed by atoms with Crippen molar-refractivity contribution < 1.29 is 28.4 Å². The van der Waals surface area contributed by atoms with Gasteiger partial charge in [-0.15, -0.1) is 0 Å². The molecule has 0 amide bonds. The maximum Gasteiger partial charge on any atom is 1.00 e. The number of ketones is 1. The number of hydrogen-bond donors (Lipinski definition) is 0. The third-order valence-corrected chi connectivity index (χ3v) is 5.37. The van der Waals surface area contributed by atoms with E-state index in [1.54, 1.807) is 31.4 Å². The molecule has 4 rings (SSSR count). The van der Waals surface area contributed by atoms with Gasteiger partial charge in [0.2, 0.25) is 0 Å². The van der Waals surface area contributed by atoms with E-state index >= 15 is 0 Å². The summed E-state index contributed by atoms with van der Waals surface area (Å²) in [7, 11) is 1.69. The van der Waals surface area contributed by atoms with Crippen LogP contribution in [0.25, 0.3) is 5.57 Å². The van der Waals surface area contributed by atoms with Crippen LogP contribution in [-0.4, -0.2) is 12.9 Å². The van der Waals surface area contributed by atoms with Crippen molar-refractivity contribution in [1.29, 1.82) is 0 Å². The zero-order chi connectivity index (χ0) is 21.9. The molecule has 5 heteroatoms. The quantitative estimate of drug-likeness (QED) is 0.257. The van der Waals surface area contributed by atoms with Gasteiger partial charge in [0.15, 0.2) is 5.78 Å². The van der Waals surface area contributed by atoms with Crippen LogP contribution >= 0.6 is 23.2 Å². The largest absolute Gasteiger partial charge is 1.00 e. The fourth-order valence-corrected chi connectivity index (χ4v) is 3.01. The molecule has 2 fully saturated rings. The van der Waals surface area contributed by atoms with Crippen molar-refractivity contribution in [2.75, 3.05) is 7.11 Å². The van der Waals surface area contributed by atoms with E-state index in [0.29, 0.717) is 16.9 Å². The molecule has 0 bridgehead atoms. The number of carbonyl (C=O) groups is 1. The number of ether oxygens (including phenoxy) is 1. The Labute approximate surface area is 209 Å². The molecule has 0 aromatic heterocycles. The van der Waals surface area contributed by atoms with E-state index in [2.05, 4.69) is 13.8 Å². The molecule has 0 unspecified atom stereocenters. The summed E-state index contributed by atoms with van der Waals surface area (Å²) in [6.07, 6.45) is 8.79. The van der Waals surface area contributed by atoms with Crippen LogP contribution in [0, 0.1) is 18.8 Å². The van der Waals surface area contributed by atoms with Gasteiger partial charge in [0.1, 0.15) is 0 Å². The Balaban J connectivity index is 0.000000260. The predicted octanol–water partition coefficient (Wildman–Crippen LogP) is 5.29. The van der Waals surface area contributed by atoms with E-state index in [9.17, 15) is 4.79 Å². The van der Waals surface area contributed by atoms with Crippen molar-refractivity contribution in [2.24, 2.45) is 11.8 Å². The Morgan fingerprint density at radius 3 is 1.71 bits per heavy atom. The van der Waals surface area contributed by atoms with Gasteiger partial charge >= 0.3 is 18.9 Å². The third kappa shape index (κ3) is 10.3. The molecule has 162 valence electrons. The van der Waals surface area contributed by atoms with Gasteiger partial charge in [-0.2, -0.15) is 6.42 Å². The zero-order valence-corrected chi connectivity index (χ0v) is 20.4. The van der Waals surface area contributed by atoms with Gasteiger partial charge in [-0.3, -0.25) is 4.79 Å². The van der Waals surface area contributed by atoms with Crippen molar-refractivity contribution in [3.63, 3.8) is 0 Å². The second kappa shape index (κ2) is 14.8. The normalized spacial score (nSPS) is 14.8. The fraction of sp³-hybridized carbons (Fsp3) is 0.385. The van der Waals surface area contributed by atoms with Crippen LogP contribution in [-0.2, 0) is 4.74 Å². The maximum atomic E-state index is 11.5. The summed E-state index contributed by atoms with van der Waals surface area (Å²) in [6, 6.07) is 15.0. The summed E-state index contributed by atoms with van der Waals surface area (Å²) < 4.78 is 5.09. The molecule has 0 N–H and O–H groups in total. The molecule has 2 aromatic rings. The summed E-state index contributed by atoms with van der Waals surface area (Å²) >= 11 is 11.5. The maximum absolute atomic E-state index is 11.5. The van der Waals surface area contributed by atoms with Crippen LogP contribution in [0.4, 0.5) is 0 Å². The number of benzene rings is 2. The molecule has 31 heavy (non-hydrogen) atoms. The van der Waals surface area contributed by atoms with Crippen LogP contribution < -0.4 is 18.9 Å². The molecule has 0 spiro atoms. The first kappa shape index (κ1) is 27.9. The van der Waals surface area contributed by atoms with Gasteiger partial charge in [-0.25, -0.2) is 0 Å². The smallest absolute Gasteiger partial charge is 0.504 e. The van der Waals surface area contributed by atoms with Gasteiger partial charge in [-0.05, 0) is 79.1 Å². The summed E-state index contributed by atoms with van der Waals surface area (Å²) in [5, 5.41) is 1.46. The second-order valence-electron chi connectivity index (χ2n) is 7.59. The van der Waals surface area contributed by atoms with E-state index in [-0.39, 0.29) is 24.6 Å². The first-order valence-electron chi connectivity index (χ1n) is 10.6. The van der Waals surface area contributed by atoms with Gasteiger partial charge in [0, 0.05) is 21.5 Å². The molecule has 2 aromatic carbocycles. The van der Waals surface area contributed by atoms with Crippen LogP contribution in [0.5, 0.6) is 0 Å². The number of rotatable bonds is 6. The van der Waals surface area contributed by atoms with Crippen molar-refractivity contribution in [1.82, 2.24) is 0 Å². The Hall–Kier alpha value is -1.17. The molecular formula is C26H31Cl2LiO2. The van der Waals surface area contributed by atoms with Gasteiger partial charge in [0.25, 0.3) is 0 Å². The van der Waals surface area contributed by atoms with Crippen LogP contribution in [0.1, 0.15) is 61.4 Å². The molecule has 2 aliphatic rings. The molecule has 0 heterocycles. The van der Waals surface area contributed by atoms with Gasteiger partial charge in [-0.1, -0.05) is 48.7 Å². The minimum Gasteiger partial charge on any atom is -0.504 e. The number of carbonyl (C=O) groups excluding carboxylic acids is 1. The van der Waals surface area contributed by atoms with E-state index in [0.717, 1.165) is 29.8 Å². The average Bonchev–Trinajstić information content (AvgIpc) is 3.67. The first-order chi connectivity index (χ1) is 14.5. The summed E-state index contributed by atoms with van der Waals surface area (Å²) in [6.45, 7) is 5.72. The number of halogens is 2. The van der Waals surface area contributed by atoms with E-state index in [1.165, 1.54) is 30.4 Å². The van der Waals surface area contributed by atoms with Crippen LogP contribution in [0.3, 0.4) is 0 Å². The molecule has 2 nitrogen and oxygen atoms in total. The molecule has 0 radical (unpaired) electrons. The molecule has 0 aliphatic heterocycles. The van der Waals surface area contributed by atoms with E-state index in [1.807, 2.05) is 30.5 Å². The number of methoxy groups -OCH3 is 1. The minimum absolute atomic E-state index is 0. The number of unbranched alkanes of at least 4 members (excludes halogenated alkanes) is 1. The molecular weight excluding hydrogens is 422 g/mol. The third-order valence-electron chi connectivity index (χ3n) is 4.87. The van der Waals surface area contributed by atoms with Gasteiger partial charge < -0.3 is 11.7 Å². The van der Waals surface area contributed by atoms with E-state index < -0.39 is 0 Å². The predicted molar refractivity (Wildman–Crippen MR) is 128 cm³/mol. The number of Topliss-reactive ketones (excluding diaryl/α,β-unsaturated/α-hetero) is 1. The first-order valence-corrected chi connectivity index (χ1v) is 11.3. The molecule has 0 atom stereocenters. The van der Waals surface area contributed by atoms with Crippen molar-refractivity contribution >= 4 is 34.6 Å². The SMILES string of the molecule is COC=C(c1ccc(Cl)cc1)C1CC1.O=C(c1ccc(Cl)cc1)C1CC1.[CH2-]CCC.[Li+]. The van der Waals surface area contributed by atoms with Crippen molar-refractivity contribution in [3.8, 4) is 0 Å². The standard InChI is InChI=1S/C12H13ClO.C10H9ClO.C4H9.Li/c1-14-8-12(9-2-3-9)10-4-6-11(13)7-5-10;11-9-5-3-8(4-6-9)10(12)7-1-2-7;1-3-4-2;/h4-9H,2-3H2,1H3;3-7H,1-2H2;1,3-4H2,2H3;/q;;-1;+1. The Kier molecular flexibility index (Phi) is 13.3. The number of hydrogen-bond acceptors (Lipinski definition) is 2. The van der Waals surface area contributed by atoms with E-state index in [4.69, 9.17) is 27.9 Å². The summed E-state index contributed by atoms with van der Waals surface area (Å²) in [5.74, 6) is 1.26. The number of allylic oxidation sites excluding steroid dienone is 1. The molecule has 2 saturated carbocycles. The fourth-order valence-electron chi connectivity index (χ4n) is 2.76. The zero-order valence-electron chi connectivity index (χ0n) is 18.9. The monoisotopic (exact) mass is 452 g/mol. The minimum atomic E-state index is 0. The van der Waals surface area contributed by atoms with Gasteiger partial charge in [0.05, 0.1) is 13.4 Å². The Morgan fingerprint density at radius 2 is 1.35 bits per heavy atom. The van der Waals surface area contributed by atoms with Crippen molar-refractivity contribution in [3.05, 3.63) is 82.9 Å². The topological polar surface area (TPSA) is 26.3 Å². The Morgan fingerprint density at radius 1 is 0.935 bits per heavy atom. The second-order valence-corrected chi connectivity index (χ2v) is 8.46. The molecule has 0 saturated heterocycles.